The molecule has 0 saturated carbocycles. The lowest BCUT2D eigenvalue weighted by Gasteiger charge is -2.10. The van der Waals surface area contributed by atoms with Gasteiger partial charge in [-0.15, -0.1) is 0 Å². The van der Waals surface area contributed by atoms with Gasteiger partial charge in [-0.25, -0.2) is 0 Å². The van der Waals surface area contributed by atoms with E-state index in [0.29, 0.717) is 26.4 Å². The third-order valence-electron chi connectivity index (χ3n) is 2.91. The Morgan fingerprint density at radius 2 is 1.80 bits per heavy atom. The topological polar surface area (TPSA) is 57.4 Å². The van der Waals surface area contributed by atoms with E-state index in [4.69, 9.17) is 15.2 Å². The summed E-state index contributed by atoms with van der Waals surface area (Å²) in [5.41, 5.74) is 7.71. The van der Waals surface area contributed by atoms with Gasteiger partial charge in [-0.1, -0.05) is 24.3 Å². The van der Waals surface area contributed by atoms with Crippen LogP contribution in [0.4, 0.5) is 0 Å². The normalized spacial score (nSPS) is 10.4. The molecule has 1 aromatic carbocycles. The first-order valence-electron chi connectivity index (χ1n) is 6.78. The predicted octanol–water partition coefficient (Wildman–Crippen LogP) is 2.18. The van der Waals surface area contributed by atoms with Gasteiger partial charge in [0.05, 0.1) is 13.2 Å². The average molecular weight is 272 g/mol. The second kappa shape index (κ2) is 8.30. The number of aromatic nitrogens is 1. The van der Waals surface area contributed by atoms with E-state index in [1.807, 2.05) is 42.5 Å². The van der Waals surface area contributed by atoms with Crippen LogP contribution in [0.5, 0.6) is 5.75 Å². The van der Waals surface area contributed by atoms with Crippen molar-refractivity contribution in [2.24, 2.45) is 5.73 Å². The third kappa shape index (κ3) is 4.64. The second-order valence-electron chi connectivity index (χ2n) is 4.34. The molecule has 4 heteroatoms. The molecule has 0 amide bonds. The van der Waals surface area contributed by atoms with E-state index >= 15 is 0 Å². The molecule has 1 heterocycles. The van der Waals surface area contributed by atoms with Gasteiger partial charge in [0, 0.05) is 30.4 Å². The summed E-state index contributed by atoms with van der Waals surface area (Å²) in [4.78, 5) is 4.24. The lowest BCUT2D eigenvalue weighted by molar-refractivity contribution is 0.102. The van der Waals surface area contributed by atoms with E-state index < -0.39 is 0 Å². The summed E-state index contributed by atoms with van der Waals surface area (Å²) >= 11 is 0. The quantitative estimate of drug-likeness (QED) is 0.748. The van der Waals surface area contributed by atoms with Gasteiger partial charge in [-0.3, -0.25) is 4.98 Å². The maximum absolute atomic E-state index is 5.66. The highest BCUT2D eigenvalue weighted by Gasteiger charge is 2.00. The summed E-state index contributed by atoms with van der Waals surface area (Å²) in [6.45, 7) is 2.22. The van der Waals surface area contributed by atoms with Crippen LogP contribution in [0.15, 0.2) is 48.7 Å². The van der Waals surface area contributed by atoms with Crippen molar-refractivity contribution in [2.45, 2.75) is 13.0 Å². The minimum atomic E-state index is 0.483. The highest BCUT2D eigenvalue weighted by molar-refractivity contribution is 5.32. The first-order valence-corrected chi connectivity index (χ1v) is 6.78. The highest BCUT2D eigenvalue weighted by Crippen LogP contribution is 2.16. The number of hydrogen-bond acceptors (Lipinski definition) is 4. The smallest absolute Gasteiger partial charge is 0.123 e. The Labute approximate surface area is 119 Å². The van der Waals surface area contributed by atoms with E-state index in [0.717, 1.165) is 23.4 Å². The number of nitrogens with zero attached hydrogens (tertiary/aromatic N) is 1. The third-order valence-corrected chi connectivity index (χ3v) is 2.91. The molecule has 1 aromatic heterocycles. The predicted molar refractivity (Wildman–Crippen MR) is 78.6 cm³/mol. The minimum absolute atomic E-state index is 0.483. The standard InChI is InChI=1S/C16H20N2O2/c17-13-14-5-1-2-7-16(14)20-12-11-19-10-8-15-6-3-4-9-18-15/h1-7,9H,8,10-13,17H2. The van der Waals surface area contributed by atoms with Crippen LogP contribution in [-0.2, 0) is 17.7 Å². The lowest BCUT2D eigenvalue weighted by atomic mass is 10.2. The number of ether oxygens (including phenoxy) is 2. The Morgan fingerprint density at radius 3 is 2.60 bits per heavy atom. The molecule has 0 fully saturated rings. The van der Waals surface area contributed by atoms with Crippen LogP contribution >= 0.6 is 0 Å². The van der Waals surface area contributed by atoms with Gasteiger partial charge in [0.2, 0.25) is 0 Å². The largest absolute Gasteiger partial charge is 0.491 e. The molecule has 0 spiro atoms. The number of nitrogens with two attached hydrogens (primary N) is 1. The second-order valence-corrected chi connectivity index (χ2v) is 4.34. The zero-order valence-corrected chi connectivity index (χ0v) is 11.5. The van der Waals surface area contributed by atoms with Gasteiger partial charge in [0.1, 0.15) is 12.4 Å². The summed E-state index contributed by atoms with van der Waals surface area (Å²) in [6.07, 6.45) is 2.61. The molecule has 4 nitrogen and oxygen atoms in total. The number of rotatable bonds is 8. The van der Waals surface area contributed by atoms with Gasteiger partial charge in [-0.2, -0.15) is 0 Å². The van der Waals surface area contributed by atoms with Crippen molar-refractivity contribution in [2.75, 3.05) is 19.8 Å². The Balaban J connectivity index is 1.62. The number of hydrogen-bond donors (Lipinski definition) is 1. The van der Waals surface area contributed by atoms with Gasteiger partial charge < -0.3 is 15.2 Å². The van der Waals surface area contributed by atoms with Crippen molar-refractivity contribution in [3.63, 3.8) is 0 Å². The monoisotopic (exact) mass is 272 g/mol. The molecule has 0 aliphatic heterocycles. The Kier molecular flexibility index (Phi) is 6.02. The molecule has 0 unspecified atom stereocenters. The van der Waals surface area contributed by atoms with Crippen molar-refractivity contribution in [3.05, 3.63) is 59.9 Å². The number of pyridine rings is 1. The van der Waals surface area contributed by atoms with Gasteiger partial charge >= 0.3 is 0 Å². The van der Waals surface area contributed by atoms with Crippen LogP contribution in [-0.4, -0.2) is 24.8 Å². The summed E-state index contributed by atoms with van der Waals surface area (Å²) in [6, 6.07) is 13.7. The Morgan fingerprint density at radius 1 is 0.950 bits per heavy atom. The molecule has 0 saturated heterocycles. The molecule has 106 valence electrons. The van der Waals surface area contributed by atoms with E-state index in [9.17, 15) is 0 Å². The number of para-hydroxylation sites is 1. The van der Waals surface area contributed by atoms with Crippen LogP contribution in [0.3, 0.4) is 0 Å². The average Bonchev–Trinajstić information content (AvgIpc) is 2.52. The zero-order valence-electron chi connectivity index (χ0n) is 11.5. The van der Waals surface area contributed by atoms with Crippen LogP contribution < -0.4 is 10.5 Å². The summed E-state index contributed by atoms with van der Waals surface area (Å²) in [5, 5.41) is 0. The minimum Gasteiger partial charge on any atom is -0.491 e. The van der Waals surface area contributed by atoms with E-state index in [1.165, 1.54) is 0 Å². The molecule has 2 aromatic rings. The van der Waals surface area contributed by atoms with Crippen molar-refractivity contribution in [1.82, 2.24) is 4.98 Å². The lowest BCUT2D eigenvalue weighted by Crippen LogP contribution is -2.10. The maximum atomic E-state index is 5.66. The molecule has 0 bridgehead atoms. The van der Waals surface area contributed by atoms with E-state index in [-0.39, 0.29) is 0 Å². The van der Waals surface area contributed by atoms with Gasteiger partial charge in [0.25, 0.3) is 0 Å². The first kappa shape index (κ1) is 14.5. The van der Waals surface area contributed by atoms with Crippen molar-refractivity contribution >= 4 is 0 Å². The van der Waals surface area contributed by atoms with Crippen molar-refractivity contribution in [1.29, 1.82) is 0 Å². The van der Waals surface area contributed by atoms with Crippen molar-refractivity contribution in [3.8, 4) is 5.75 Å². The fourth-order valence-corrected chi connectivity index (χ4v) is 1.85. The fraction of sp³-hybridized carbons (Fsp3) is 0.312. The van der Waals surface area contributed by atoms with E-state index in [2.05, 4.69) is 4.98 Å². The van der Waals surface area contributed by atoms with Gasteiger partial charge in [-0.05, 0) is 18.2 Å². The summed E-state index contributed by atoms with van der Waals surface area (Å²) in [5.74, 6) is 0.836. The molecule has 0 atom stereocenters. The first-order chi connectivity index (χ1) is 9.90. The van der Waals surface area contributed by atoms with Crippen LogP contribution in [0.25, 0.3) is 0 Å². The molecule has 0 aliphatic carbocycles. The molecule has 20 heavy (non-hydrogen) atoms. The maximum Gasteiger partial charge on any atom is 0.123 e. The molecule has 0 radical (unpaired) electrons. The fourth-order valence-electron chi connectivity index (χ4n) is 1.85. The zero-order chi connectivity index (χ0) is 14.0. The molecular formula is C16H20N2O2. The van der Waals surface area contributed by atoms with Crippen molar-refractivity contribution < 1.29 is 9.47 Å². The van der Waals surface area contributed by atoms with Crippen LogP contribution in [0, 0.1) is 0 Å². The number of benzene rings is 1. The Hall–Kier alpha value is -1.91. The molecule has 2 rings (SSSR count). The summed E-state index contributed by atoms with van der Waals surface area (Å²) in [7, 11) is 0. The van der Waals surface area contributed by atoms with Crippen LogP contribution in [0.2, 0.25) is 0 Å². The summed E-state index contributed by atoms with van der Waals surface area (Å²) < 4.78 is 11.2. The van der Waals surface area contributed by atoms with E-state index in [1.54, 1.807) is 6.20 Å². The van der Waals surface area contributed by atoms with Crippen LogP contribution in [0.1, 0.15) is 11.3 Å². The Bertz CT molecular complexity index is 503. The highest BCUT2D eigenvalue weighted by atomic mass is 16.5. The SMILES string of the molecule is NCc1ccccc1OCCOCCc1ccccn1. The molecule has 0 aliphatic rings. The molecular weight excluding hydrogens is 252 g/mol. The van der Waals surface area contributed by atoms with Gasteiger partial charge in [0.15, 0.2) is 0 Å². The molecule has 2 N–H and O–H groups in total.